The lowest BCUT2D eigenvalue weighted by Gasteiger charge is -2.32. The van der Waals surface area contributed by atoms with E-state index in [9.17, 15) is 0 Å². The summed E-state index contributed by atoms with van der Waals surface area (Å²) in [7, 11) is 0. The van der Waals surface area contributed by atoms with Crippen LogP contribution in [0.4, 0.5) is 0 Å². The summed E-state index contributed by atoms with van der Waals surface area (Å²) in [4.78, 5) is 2.55. The third-order valence-electron chi connectivity index (χ3n) is 4.92. The number of piperidine rings is 1. The van der Waals surface area contributed by atoms with E-state index in [1.807, 2.05) is 0 Å². The van der Waals surface area contributed by atoms with Crippen LogP contribution in [-0.4, -0.2) is 24.1 Å². The number of nitrogens with zero attached hydrogens (tertiary/aromatic N) is 1. The minimum atomic E-state index is 0.407. The molecule has 0 atom stereocenters. The number of hydrogen-bond acceptors (Lipinski definition) is 2. The zero-order valence-corrected chi connectivity index (χ0v) is 14.9. The predicted octanol–water partition coefficient (Wildman–Crippen LogP) is 4.99. The SMILES string of the molecule is CC(C)c1ccc(CN2CCC(OCc3ccccc3)CC2)cc1. The van der Waals surface area contributed by atoms with Crippen LogP contribution in [0, 0.1) is 0 Å². The van der Waals surface area contributed by atoms with Gasteiger partial charge in [-0.05, 0) is 35.4 Å². The number of benzene rings is 2. The van der Waals surface area contributed by atoms with E-state index >= 15 is 0 Å². The second-order valence-corrected chi connectivity index (χ2v) is 7.17. The van der Waals surface area contributed by atoms with Gasteiger partial charge in [-0.25, -0.2) is 0 Å². The van der Waals surface area contributed by atoms with Gasteiger partial charge in [0.15, 0.2) is 0 Å². The minimum Gasteiger partial charge on any atom is -0.373 e. The Morgan fingerprint density at radius 1 is 0.917 bits per heavy atom. The third kappa shape index (κ3) is 4.93. The number of ether oxygens (including phenoxy) is 1. The van der Waals surface area contributed by atoms with Crippen LogP contribution < -0.4 is 0 Å². The van der Waals surface area contributed by atoms with Gasteiger partial charge >= 0.3 is 0 Å². The Morgan fingerprint density at radius 2 is 1.58 bits per heavy atom. The molecule has 0 aromatic heterocycles. The summed E-state index contributed by atoms with van der Waals surface area (Å²) in [6.45, 7) is 8.55. The fourth-order valence-corrected chi connectivity index (χ4v) is 3.29. The molecule has 1 aliphatic rings. The third-order valence-corrected chi connectivity index (χ3v) is 4.92. The summed E-state index contributed by atoms with van der Waals surface area (Å²) in [5.74, 6) is 0.608. The van der Waals surface area contributed by atoms with Crippen LogP contribution >= 0.6 is 0 Å². The summed E-state index contributed by atoms with van der Waals surface area (Å²) in [5, 5.41) is 0. The van der Waals surface area contributed by atoms with Gasteiger partial charge in [-0.1, -0.05) is 68.4 Å². The number of hydrogen-bond donors (Lipinski definition) is 0. The van der Waals surface area contributed by atoms with Gasteiger partial charge in [0, 0.05) is 19.6 Å². The maximum absolute atomic E-state index is 6.08. The topological polar surface area (TPSA) is 12.5 Å². The lowest BCUT2D eigenvalue weighted by molar-refractivity contribution is -0.00394. The molecule has 2 aromatic rings. The van der Waals surface area contributed by atoms with Crippen LogP contribution in [0.2, 0.25) is 0 Å². The molecule has 0 spiro atoms. The van der Waals surface area contributed by atoms with Crippen LogP contribution in [0.15, 0.2) is 54.6 Å². The average molecular weight is 323 g/mol. The van der Waals surface area contributed by atoms with Gasteiger partial charge in [0.05, 0.1) is 12.7 Å². The van der Waals surface area contributed by atoms with Crippen LogP contribution in [0.5, 0.6) is 0 Å². The van der Waals surface area contributed by atoms with Crippen LogP contribution in [0.25, 0.3) is 0 Å². The summed E-state index contributed by atoms with van der Waals surface area (Å²) < 4.78 is 6.08. The molecule has 0 saturated carbocycles. The van der Waals surface area contributed by atoms with Gasteiger partial charge in [-0.3, -0.25) is 4.90 Å². The molecule has 24 heavy (non-hydrogen) atoms. The average Bonchev–Trinajstić information content (AvgIpc) is 2.62. The Labute approximate surface area is 146 Å². The van der Waals surface area contributed by atoms with Crippen LogP contribution in [0.1, 0.15) is 49.3 Å². The van der Waals surface area contributed by atoms with E-state index in [-0.39, 0.29) is 0 Å². The first-order valence-electron chi connectivity index (χ1n) is 9.17. The molecule has 2 aromatic carbocycles. The van der Waals surface area contributed by atoms with Crippen molar-refractivity contribution >= 4 is 0 Å². The van der Waals surface area contributed by atoms with E-state index in [4.69, 9.17) is 4.74 Å². The van der Waals surface area contributed by atoms with Gasteiger partial charge in [0.2, 0.25) is 0 Å². The molecule has 0 N–H and O–H groups in total. The zero-order valence-electron chi connectivity index (χ0n) is 14.9. The smallest absolute Gasteiger partial charge is 0.0720 e. The van der Waals surface area contributed by atoms with Crippen molar-refractivity contribution in [3.63, 3.8) is 0 Å². The van der Waals surface area contributed by atoms with Crippen molar-refractivity contribution in [2.75, 3.05) is 13.1 Å². The molecule has 3 rings (SSSR count). The maximum atomic E-state index is 6.08. The Bertz CT molecular complexity index is 598. The molecule has 1 saturated heterocycles. The Morgan fingerprint density at radius 3 is 2.21 bits per heavy atom. The molecular weight excluding hydrogens is 294 g/mol. The number of likely N-dealkylation sites (tertiary alicyclic amines) is 1. The largest absolute Gasteiger partial charge is 0.373 e. The minimum absolute atomic E-state index is 0.407. The molecule has 128 valence electrons. The Hall–Kier alpha value is -1.64. The van der Waals surface area contributed by atoms with Gasteiger partial charge in [0.1, 0.15) is 0 Å². The van der Waals surface area contributed by atoms with E-state index in [0.717, 1.165) is 39.1 Å². The first-order chi connectivity index (χ1) is 11.7. The van der Waals surface area contributed by atoms with E-state index in [2.05, 4.69) is 73.3 Å². The van der Waals surface area contributed by atoms with E-state index < -0.39 is 0 Å². The van der Waals surface area contributed by atoms with Crippen molar-refractivity contribution in [1.29, 1.82) is 0 Å². The molecule has 0 radical (unpaired) electrons. The standard InChI is InChI=1S/C22H29NO/c1-18(2)21-10-8-19(9-11-21)16-23-14-12-22(13-15-23)24-17-20-6-4-3-5-7-20/h3-11,18,22H,12-17H2,1-2H3. The highest BCUT2D eigenvalue weighted by Crippen LogP contribution is 2.19. The summed E-state index contributed by atoms with van der Waals surface area (Å²) in [5.41, 5.74) is 4.11. The quantitative estimate of drug-likeness (QED) is 0.742. The first kappa shape index (κ1) is 17.2. The van der Waals surface area contributed by atoms with Gasteiger partial charge in [-0.2, -0.15) is 0 Å². The highest BCUT2D eigenvalue weighted by Gasteiger charge is 2.19. The molecule has 1 heterocycles. The predicted molar refractivity (Wildman–Crippen MR) is 100 cm³/mol. The molecule has 1 aliphatic heterocycles. The van der Waals surface area contributed by atoms with Gasteiger partial charge < -0.3 is 4.74 Å². The Balaban J connectivity index is 1.41. The second kappa shape index (κ2) is 8.46. The highest BCUT2D eigenvalue weighted by atomic mass is 16.5. The molecule has 0 aliphatic carbocycles. The lowest BCUT2D eigenvalue weighted by atomic mass is 10.0. The molecular formula is C22H29NO. The van der Waals surface area contributed by atoms with Crippen molar-refractivity contribution in [3.8, 4) is 0 Å². The van der Waals surface area contributed by atoms with Crippen molar-refractivity contribution in [3.05, 3.63) is 71.3 Å². The fraction of sp³-hybridized carbons (Fsp3) is 0.455. The van der Waals surface area contributed by atoms with Crippen molar-refractivity contribution in [1.82, 2.24) is 4.90 Å². The second-order valence-electron chi connectivity index (χ2n) is 7.17. The Kier molecular flexibility index (Phi) is 6.06. The molecule has 0 bridgehead atoms. The van der Waals surface area contributed by atoms with E-state index in [1.165, 1.54) is 16.7 Å². The highest BCUT2D eigenvalue weighted by molar-refractivity contribution is 5.24. The maximum Gasteiger partial charge on any atom is 0.0720 e. The normalized spacial score (nSPS) is 16.6. The van der Waals surface area contributed by atoms with Crippen molar-refractivity contribution < 1.29 is 4.74 Å². The van der Waals surface area contributed by atoms with E-state index in [1.54, 1.807) is 0 Å². The molecule has 0 amide bonds. The lowest BCUT2D eigenvalue weighted by Crippen LogP contribution is -2.36. The summed E-state index contributed by atoms with van der Waals surface area (Å²) >= 11 is 0. The van der Waals surface area contributed by atoms with E-state index in [0.29, 0.717) is 12.0 Å². The summed E-state index contributed by atoms with van der Waals surface area (Å²) in [6, 6.07) is 19.6. The fourth-order valence-electron chi connectivity index (χ4n) is 3.29. The van der Waals surface area contributed by atoms with Crippen molar-refractivity contribution in [2.24, 2.45) is 0 Å². The monoisotopic (exact) mass is 323 g/mol. The molecule has 1 fully saturated rings. The van der Waals surface area contributed by atoms with Crippen molar-refractivity contribution in [2.45, 2.75) is 51.9 Å². The summed E-state index contributed by atoms with van der Waals surface area (Å²) in [6.07, 6.45) is 2.68. The zero-order chi connectivity index (χ0) is 16.8. The molecule has 2 nitrogen and oxygen atoms in total. The molecule has 0 unspecified atom stereocenters. The van der Waals surface area contributed by atoms with Gasteiger partial charge in [0.25, 0.3) is 0 Å². The number of rotatable bonds is 6. The van der Waals surface area contributed by atoms with Crippen LogP contribution in [0.3, 0.4) is 0 Å². The molecule has 2 heteroatoms. The van der Waals surface area contributed by atoms with Crippen LogP contribution in [-0.2, 0) is 17.9 Å². The first-order valence-corrected chi connectivity index (χ1v) is 9.17. The van der Waals surface area contributed by atoms with Gasteiger partial charge in [-0.15, -0.1) is 0 Å².